The van der Waals surface area contributed by atoms with E-state index < -0.39 is 0 Å². The van der Waals surface area contributed by atoms with Crippen molar-refractivity contribution in [3.63, 3.8) is 0 Å². The van der Waals surface area contributed by atoms with E-state index in [1.165, 1.54) is 0 Å². The van der Waals surface area contributed by atoms with E-state index in [0.29, 0.717) is 5.82 Å². The topological polar surface area (TPSA) is 38.9 Å². The van der Waals surface area contributed by atoms with Gasteiger partial charge in [-0.2, -0.15) is 0 Å². The van der Waals surface area contributed by atoms with E-state index in [-0.39, 0.29) is 0 Å². The fourth-order valence-electron chi connectivity index (χ4n) is 0.603. The SMILES string of the molecule is C=Cc1cccnc1N.CC. The van der Waals surface area contributed by atoms with Crippen LogP contribution in [0.4, 0.5) is 5.82 Å². The number of hydrogen-bond donors (Lipinski definition) is 1. The highest BCUT2D eigenvalue weighted by Crippen LogP contribution is 2.06. The standard InChI is InChI=1S/C7H8N2.C2H6/c1-2-6-4-3-5-9-7(6)8;1-2/h2-5H,1H2,(H2,8,9);1-2H3. The fourth-order valence-corrected chi connectivity index (χ4v) is 0.603. The summed E-state index contributed by atoms with van der Waals surface area (Å²) in [4.78, 5) is 3.86. The summed E-state index contributed by atoms with van der Waals surface area (Å²) in [5.74, 6) is 0.535. The third kappa shape index (κ3) is 2.85. The predicted octanol–water partition coefficient (Wildman–Crippen LogP) is 2.33. The number of nitrogens with zero attached hydrogens (tertiary/aromatic N) is 1. The molecule has 0 atom stereocenters. The maximum Gasteiger partial charge on any atom is 0.130 e. The molecule has 0 radical (unpaired) electrons. The molecule has 2 heteroatoms. The minimum Gasteiger partial charge on any atom is -0.383 e. The van der Waals surface area contributed by atoms with E-state index in [2.05, 4.69) is 11.6 Å². The van der Waals surface area contributed by atoms with Gasteiger partial charge in [0.15, 0.2) is 0 Å². The Balaban J connectivity index is 0.000000461. The first-order chi connectivity index (χ1) is 5.34. The van der Waals surface area contributed by atoms with Gasteiger partial charge in [0.2, 0.25) is 0 Å². The van der Waals surface area contributed by atoms with Crippen LogP contribution in [0, 0.1) is 0 Å². The van der Waals surface area contributed by atoms with Crippen LogP contribution in [0.5, 0.6) is 0 Å². The Bertz CT molecular complexity index is 219. The molecule has 0 amide bonds. The second kappa shape index (κ2) is 5.47. The van der Waals surface area contributed by atoms with Crippen molar-refractivity contribution >= 4 is 11.9 Å². The molecule has 0 saturated heterocycles. The van der Waals surface area contributed by atoms with Crippen LogP contribution in [0.1, 0.15) is 19.4 Å². The average molecular weight is 150 g/mol. The lowest BCUT2D eigenvalue weighted by Crippen LogP contribution is -1.91. The molecule has 0 aromatic carbocycles. The lowest BCUT2D eigenvalue weighted by atomic mass is 10.2. The van der Waals surface area contributed by atoms with Crippen LogP contribution in [-0.2, 0) is 0 Å². The second-order valence-corrected chi connectivity index (χ2v) is 1.68. The Labute approximate surface area is 67.8 Å². The molecule has 0 spiro atoms. The molecular formula is C9H14N2. The molecule has 0 saturated carbocycles. The molecule has 11 heavy (non-hydrogen) atoms. The normalized spacial score (nSPS) is 7.82. The van der Waals surface area contributed by atoms with Gasteiger partial charge in [0.1, 0.15) is 5.82 Å². The van der Waals surface area contributed by atoms with Crippen LogP contribution in [0.15, 0.2) is 24.9 Å². The number of anilines is 1. The molecule has 0 fully saturated rings. The molecule has 2 nitrogen and oxygen atoms in total. The van der Waals surface area contributed by atoms with Crippen LogP contribution in [0.2, 0.25) is 0 Å². The molecular weight excluding hydrogens is 136 g/mol. The van der Waals surface area contributed by atoms with Gasteiger partial charge in [0.05, 0.1) is 0 Å². The zero-order valence-corrected chi connectivity index (χ0v) is 7.04. The lowest BCUT2D eigenvalue weighted by molar-refractivity contribution is 1.33. The molecule has 1 aromatic heterocycles. The van der Waals surface area contributed by atoms with Gasteiger partial charge in [-0.15, -0.1) is 0 Å². The first-order valence-electron chi connectivity index (χ1n) is 3.67. The van der Waals surface area contributed by atoms with Gasteiger partial charge in [-0.3, -0.25) is 0 Å². The van der Waals surface area contributed by atoms with Crippen LogP contribution in [0.25, 0.3) is 6.08 Å². The summed E-state index contributed by atoms with van der Waals surface area (Å²) in [5, 5.41) is 0. The minimum atomic E-state index is 0.535. The highest BCUT2D eigenvalue weighted by Gasteiger charge is 1.89. The Kier molecular flexibility index (Phi) is 4.82. The number of pyridine rings is 1. The summed E-state index contributed by atoms with van der Waals surface area (Å²) in [5.41, 5.74) is 6.34. The molecule has 0 aliphatic heterocycles. The van der Waals surface area contributed by atoms with Crippen molar-refractivity contribution in [3.05, 3.63) is 30.5 Å². The first-order valence-corrected chi connectivity index (χ1v) is 3.67. The number of aromatic nitrogens is 1. The van der Waals surface area contributed by atoms with Crippen molar-refractivity contribution in [3.8, 4) is 0 Å². The molecule has 0 unspecified atom stereocenters. The first kappa shape index (κ1) is 9.69. The van der Waals surface area contributed by atoms with Crippen molar-refractivity contribution in [1.29, 1.82) is 0 Å². The van der Waals surface area contributed by atoms with Gasteiger partial charge in [0, 0.05) is 11.8 Å². The van der Waals surface area contributed by atoms with Gasteiger partial charge in [0.25, 0.3) is 0 Å². The Morgan fingerprint density at radius 2 is 2.18 bits per heavy atom. The summed E-state index contributed by atoms with van der Waals surface area (Å²) in [6, 6.07) is 3.70. The van der Waals surface area contributed by atoms with Crippen molar-refractivity contribution in [1.82, 2.24) is 4.98 Å². The van der Waals surface area contributed by atoms with Gasteiger partial charge in [-0.25, -0.2) is 4.98 Å². The maximum absolute atomic E-state index is 5.45. The van der Waals surface area contributed by atoms with Gasteiger partial charge in [-0.05, 0) is 12.1 Å². The molecule has 0 aliphatic rings. The van der Waals surface area contributed by atoms with Crippen LogP contribution >= 0.6 is 0 Å². The minimum absolute atomic E-state index is 0.535. The van der Waals surface area contributed by atoms with Gasteiger partial charge in [-0.1, -0.05) is 26.5 Å². The van der Waals surface area contributed by atoms with E-state index in [4.69, 9.17) is 5.73 Å². The van der Waals surface area contributed by atoms with Crippen molar-refractivity contribution in [2.45, 2.75) is 13.8 Å². The summed E-state index contributed by atoms with van der Waals surface area (Å²) in [6.07, 6.45) is 3.34. The van der Waals surface area contributed by atoms with Crippen molar-refractivity contribution in [2.24, 2.45) is 0 Å². The Hall–Kier alpha value is -1.31. The molecule has 60 valence electrons. The zero-order chi connectivity index (χ0) is 8.69. The van der Waals surface area contributed by atoms with E-state index >= 15 is 0 Å². The maximum atomic E-state index is 5.45. The largest absolute Gasteiger partial charge is 0.383 e. The van der Waals surface area contributed by atoms with Gasteiger partial charge >= 0.3 is 0 Å². The second-order valence-electron chi connectivity index (χ2n) is 1.68. The predicted molar refractivity (Wildman–Crippen MR) is 50.1 cm³/mol. The van der Waals surface area contributed by atoms with Crippen molar-refractivity contribution in [2.75, 3.05) is 5.73 Å². The Morgan fingerprint density at radius 1 is 1.55 bits per heavy atom. The number of nitrogen functional groups attached to an aromatic ring is 1. The van der Waals surface area contributed by atoms with Crippen LogP contribution in [-0.4, -0.2) is 4.98 Å². The zero-order valence-electron chi connectivity index (χ0n) is 7.04. The van der Waals surface area contributed by atoms with Crippen LogP contribution in [0.3, 0.4) is 0 Å². The Morgan fingerprint density at radius 3 is 2.55 bits per heavy atom. The van der Waals surface area contributed by atoms with Gasteiger partial charge < -0.3 is 5.73 Å². The number of hydrogen-bond acceptors (Lipinski definition) is 2. The summed E-state index contributed by atoms with van der Waals surface area (Å²) in [7, 11) is 0. The molecule has 2 N–H and O–H groups in total. The quantitative estimate of drug-likeness (QED) is 0.667. The van der Waals surface area contributed by atoms with E-state index in [0.717, 1.165) is 5.56 Å². The highest BCUT2D eigenvalue weighted by molar-refractivity contribution is 5.58. The fraction of sp³-hybridized carbons (Fsp3) is 0.222. The smallest absolute Gasteiger partial charge is 0.130 e. The molecule has 1 rings (SSSR count). The average Bonchev–Trinajstić information content (AvgIpc) is 2.09. The monoisotopic (exact) mass is 150 g/mol. The third-order valence-corrected chi connectivity index (χ3v) is 1.09. The van der Waals surface area contributed by atoms with E-state index in [1.807, 2.05) is 26.0 Å². The third-order valence-electron chi connectivity index (χ3n) is 1.09. The lowest BCUT2D eigenvalue weighted by Gasteiger charge is -1.94. The number of nitrogens with two attached hydrogens (primary N) is 1. The molecule has 1 aromatic rings. The number of rotatable bonds is 1. The molecule has 1 heterocycles. The van der Waals surface area contributed by atoms with Crippen LogP contribution < -0.4 is 5.73 Å². The summed E-state index contributed by atoms with van der Waals surface area (Å²) >= 11 is 0. The highest BCUT2D eigenvalue weighted by atomic mass is 14.8. The van der Waals surface area contributed by atoms with E-state index in [9.17, 15) is 0 Å². The van der Waals surface area contributed by atoms with E-state index in [1.54, 1.807) is 12.3 Å². The summed E-state index contributed by atoms with van der Waals surface area (Å²) in [6.45, 7) is 7.57. The molecule has 0 bridgehead atoms. The van der Waals surface area contributed by atoms with Crippen molar-refractivity contribution < 1.29 is 0 Å². The molecule has 0 aliphatic carbocycles. The summed E-state index contributed by atoms with van der Waals surface area (Å²) < 4.78 is 0.